The monoisotopic (exact) mass is 301 g/mol. The Morgan fingerprint density at radius 3 is 2.80 bits per heavy atom. The highest BCUT2D eigenvalue weighted by Crippen LogP contribution is 2.21. The average Bonchev–Trinajstić information content (AvgIpc) is 3.17. The summed E-state index contributed by atoms with van der Waals surface area (Å²) >= 11 is 2.86. The van der Waals surface area contributed by atoms with Gasteiger partial charge in [-0.3, -0.25) is 9.36 Å². The lowest BCUT2D eigenvalue weighted by molar-refractivity contribution is 0.102. The molecule has 20 heavy (non-hydrogen) atoms. The number of carbonyl (C=O) groups is 1. The van der Waals surface area contributed by atoms with Gasteiger partial charge in [-0.1, -0.05) is 36.0 Å². The molecule has 2 aromatic heterocycles. The number of benzene rings is 1. The summed E-state index contributed by atoms with van der Waals surface area (Å²) in [4.78, 5) is 12.8. The van der Waals surface area contributed by atoms with Crippen LogP contribution in [0.1, 0.15) is 9.67 Å². The minimum Gasteiger partial charge on any atom is -0.292 e. The molecule has 0 spiro atoms. The van der Waals surface area contributed by atoms with Crippen molar-refractivity contribution in [2.24, 2.45) is 0 Å². The zero-order valence-electron chi connectivity index (χ0n) is 10.5. The van der Waals surface area contributed by atoms with E-state index in [4.69, 9.17) is 0 Å². The van der Waals surface area contributed by atoms with Crippen LogP contribution in [0.25, 0.3) is 5.69 Å². The zero-order chi connectivity index (χ0) is 13.8. The summed E-state index contributed by atoms with van der Waals surface area (Å²) in [5.74, 6) is 0.485. The van der Waals surface area contributed by atoms with Crippen LogP contribution in [0.5, 0.6) is 0 Å². The maximum Gasteiger partial charge on any atom is 0.196 e. The third-order valence-electron chi connectivity index (χ3n) is 2.68. The van der Waals surface area contributed by atoms with E-state index in [1.165, 1.54) is 23.1 Å². The topological polar surface area (TPSA) is 47.8 Å². The molecule has 3 aromatic rings. The van der Waals surface area contributed by atoms with E-state index in [-0.39, 0.29) is 5.78 Å². The second kappa shape index (κ2) is 6.02. The number of nitrogens with zero attached hydrogens (tertiary/aromatic N) is 3. The zero-order valence-corrected chi connectivity index (χ0v) is 12.1. The van der Waals surface area contributed by atoms with E-state index in [0.717, 1.165) is 15.7 Å². The number of rotatable bonds is 5. The van der Waals surface area contributed by atoms with Crippen molar-refractivity contribution in [3.05, 3.63) is 59.0 Å². The van der Waals surface area contributed by atoms with Gasteiger partial charge in [0.05, 0.1) is 10.6 Å². The first kappa shape index (κ1) is 13.1. The van der Waals surface area contributed by atoms with Crippen LogP contribution in [0, 0.1) is 0 Å². The number of Topliss-reactive ketones (excluding diaryl/α,β-unsaturated/α-hetero) is 1. The van der Waals surface area contributed by atoms with Crippen molar-refractivity contribution in [3.63, 3.8) is 0 Å². The molecule has 2 heterocycles. The van der Waals surface area contributed by atoms with Gasteiger partial charge in [0.25, 0.3) is 0 Å². The van der Waals surface area contributed by atoms with E-state index in [9.17, 15) is 4.79 Å². The van der Waals surface area contributed by atoms with Crippen LogP contribution < -0.4 is 0 Å². The predicted octanol–water partition coefficient (Wildman–Crippen LogP) is 3.30. The molecule has 0 aliphatic rings. The smallest absolute Gasteiger partial charge is 0.196 e. The van der Waals surface area contributed by atoms with Crippen molar-refractivity contribution in [2.45, 2.75) is 5.16 Å². The second-order valence-corrected chi connectivity index (χ2v) is 5.90. The van der Waals surface area contributed by atoms with Crippen molar-refractivity contribution in [1.29, 1.82) is 0 Å². The summed E-state index contributed by atoms with van der Waals surface area (Å²) in [5, 5.41) is 10.6. The van der Waals surface area contributed by atoms with Crippen LogP contribution in [-0.2, 0) is 0 Å². The summed E-state index contributed by atoms with van der Waals surface area (Å²) in [7, 11) is 0. The molecule has 0 bridgehead atoms. The van der Waals surface area contributed by atoms with Crippen molar-refractivity contribution in [3.8, 4) is 5.69 Å². The van der Waals surface area contributed by atoms with Crippen molar-refractivity contribution >= 4 is 28.9 Å². The second-order valence-electron chi connectivity index (χ2n) is 4.01. The van der Waals surface area contributed by atoms with Crippen LogP contribution in [0.2, 0.25) is 0 Å². The average molecular weight is 301 g/mol. The fourth-order valence-electron chi connectivity index (χ4n) is 1.73. The van der Waals surface area contributed by atoms with E-state index in [1.807, 2.05) is 52.4 Å². The van der Waals surface area contributed by atoms with E-state index < -0.39 is 0 Å². The highest BCUT2D eigenvalue weighted by Gasteiger charge is 2.11. The minimum atomic E-state index is 0.118. The molecular formula is C14H11N3OS2. The summed E-state index contributed by atoms with van der Waals surface area (Å²) < 4.78 is 1.88. The van der Waals surface area contributed by atoms with Crippen molar-refractivity contribution in [1.82, 2.24) is 14.8 Å². The number of thiophene rings is 1. The molecule has 0 amide bonds. The van der Waals surface area contributed by atoms with Gasteiger partial charge in [-0.25, -0.2) is 0 Å². The molecule has 0 radical (unpaired) electrons. The highest BCUT2D eigenvalue weighted by molar-refractivity contribution is 7.99. The van der Waals surface area contributed by atoms with Gasteiger partial charge < -0.3 is 0 Å². The van der Waals surface area contributed by atoms with Crippen LogP contribution in [-0.4, -0.2) is 26.3 Å². The van der Waals surface area contributed by atoms with Gasteiger partial charge in [-0.15, -0.1) is 21.5 Å². The lowest BCUT2D eigenvalue weighted by atomic mass is 10.3. The number of para-hydroxylation sites is 1. The van der Waals surface area contributed by atoms with Crippen LogP contribution in [0.3, 0.4) is 0 Å². The Labute approximate surface area is 124 Å². The molecule has 0 unspecified atom stereocenters. The SMILES string of the molecule is O=C(CSc1nncn1-c1ccccc1)c1cccs1. The van der Waals surface area contributed by atoms with Crippen LogP contribution in [0.4, 0.5) is 0 Å². The molecule has 4 nitrogen and oxygen atoms in total. The molecule has 0 aliphatic heterocycles. The number of carbonyl (C=O) groups excluding carboxylic acids is 1. The van der Waals surface area contributed by atoms with Crippen LogP contribution >= 0.6 is 23.1 Å². The fourth-order valence-corrected chi connectivity index (χ4v) is 3.30. The van der Waals surface area contributed by atoms with Gasteiger partial charge in [0.2, 0.25) is 0 Å². The Morgan fingerprint density at radius 1 is 1.20 bits per heavy atom. The largest absolute Gasteiger partial charge is 0.292 e. The van der Waals surface area contributed by atoms with E-state index in [1.54, 1.807) is 6.33 Å². The van der Waals surface area contributed by atoms with Gasteiger partial charge >= 0.3 is 0 Å². The number of thioether (sulfide) groups is 1. The first-order chi connectivity index (χ1) is 9.84. The molecule has 3 rings (SSSR count). The lowest BCUT2D eigenvalue weighted by Gasteiger charge is -2.05. The molecule has 0 aliphatic carbocycles. The standard InChI is InChI=1S/C14H11N3OS2/c18-12(13-7-4-8-19-13)9-20-14-16-15-10-17(14)11-5-2-1-3-6-11/h1-8,10H,9H2. The summed E-state index contributed by atoms with van der Waals surface area (Å²) in [6, 6.07) is 13.6. The van der Waals surface area contributed by atoms with Crippen molar-refractivity contribution < 1.29 is 4.79 Å². The first-order valence-corrected chi connectivity index (χ1v) is 7.86. The van der Waals surface area contributed by atoms with Gasteiger partial charge in [0.1, 0.15) is 6.33 Å². The molecule has 0 atom stereocenters. The summed E-state index contributed by atoms with van der Waals surface area (Å²) in [5.41, 5.74) is 0.989. The third kappa shape index (κ3) is 2.81. The molecule has 6 heteroatoms. The molecule has 0 fully saturated rings. The normalized spacial score (nSPS) is 10.6. The Morgan fingerprint density at radius 2 is 2.05 bits per heavy atom. The Hall–Kier alpha value is -1.92. The van der Waals surface area contributed by atoms with Gasteiger partial charge in [-0.05, 0) is 23.6 Å². The van der Waals surface area contributed by atoms with Gasteiger partial charge in [-0.2, -0.15) is 0 Å². The lowest BCUT2D eigenvalue weighted by Crippen LogP contribution is -2.02. The summed E-state index contributed by atoms with van der Waals surface area (Å²) in [6.07, 6.45) is 1.66. The van der Waals surface area contributed by atoms with Crippen molar-refractivity contribution in [2.75, 3.05) is 5.75 Å². The van der Waals surface area contributed by atoms with Crippen LogP contribution in [0.15, 0.2) is 59.3 Å². The minimum absolute atomic E-state index is 0.118. The highest BCUT2D eigenvalue weighted by atomic mass is 32.2. The maximum atomic E-state index is 12.0. The molecule has 0 N–H and O–H groups in total. The quantitative estimate of drug-likeness (QED) is 0.536. The Kier molecular flexibility index (Phi) is 3.94. The first-order valence-electron chi connectivity index (χ1n) is 5.99. The number of aromatic nitrogens is 3. The number of ketones is 1. The summed E-state index contributed by atoms with van der Waals surface area (Å²) in [6.45, 7) is 0. The van der Waals surface area contributed by atoms with E-state index in [0.29, 0.717) is 5.75 Å². The third-order valence-corrected chi connectivity index (χ3v) is 4.53. The van der Waals surface area contributed by atoms with E-state index >= 15 is 0 Å². The fraction of sp³-hybridized carbons (Fsp3) is 0.0714. The Balaban J connectivity index is 1.73. The molecule has 1 aromatic carbocycles. The number of hydrogen-bond acceptors (Lipinski definition) is 5. The number of hydrogen-bond donors (Lipinski definition) is 0. The Bertz CT molecular complexity index is 692. The molecular weight excluding hydrogens is 290 g/mol. The molecule has 0 saturated heterocycles. The maximum absolute atomic E-state index is 12.0. The molecule has 0 saturated carbocycles. The van der Waals surface area contributed by atoms with E-state index in [2.05, 4.69) is 10.2 Å². The predicted molar refractivity (Wildman–Crippen MR) is 80.7 cm³/mol. The molecule has 100 valence electrons. The van der Waals surface area contributed by atoms with Gasteiger partial charge in [0.15, 0.2) is 10.9 Å². The van der Waals surface area contributed by atoms with Gasteiger partial charge in [0, 0.05) is 5.69 Å².